The second-order valence-electron chi connectivity index (χ2n) is 39.4. The van der Waals surface area contributed by atoms with Crippen LogP contribution >= 0.6 is 0 Å². The Kier molecular flexibility index (Phi) is 27.9. The number of unbranched alkanes of at least 4 members (excludes halogenated alkanes) is 1. The van der Waals surface area contributed by atoms with E-state index < -0.39 is 0 Å². The van der Waals surface area contributed by atoms with Crippen molar-refractivity contribution in [2.75, 3.05) is 64.2 Å². The van der Waals surface area contributed by atoms with Gasteiger partial charge in [-0.1, -0.05) is 19.4 Å². The molecule has 27 heteroatoms. The Bertz CT molecular complexity index is 5720. The number of nitrogens with zero attached hydrogens (tertiary/aromatic N) is 13. The van der Waals surface area contributed by atoms with Gasteiger partial charge >= 0.3 is 0 Å². The molecule has 0 bridgehead atoms. The number of fused-ring (bicyclic) bond motifs is 5. The molecule has 0 radical (unpaired) electrons. The number of hydrogen-bond donors (Lipinski definition) is 5. The summed E-state index contributed by atoms with van der Waals surface area (Å²) in [4.78, 5) is 99.2. The highest BCUT2D eigenvalue weighted by Crippen LogP contribution is 2.43. The van der Waals surface area contributed by atoms with Gasteiger partial charge in [0.05, 0.1) is 64.2 Å². The minimum atomic E-state index is -0.182. The Hall–Kier alpha value is -11.3. The molecule has 130 heavy (non-hydrogen) atoms. The van der Waals surface area contributed by atoms with E-state index in [1.54, 1.807) is 18.6 Å². The van der Waals surface area contributed by atoms with Crippen LogP contribution in [0.2, 0.25) is 0 Å². The standard InChI is InChI=1S/C24H35N3O3.2C20H22N4O.C20H27N3O2.C19H26N4O2/c1-3-4-13-30-20-7-5-19(6-8-20)25-24(28)21-9-12-27-17(2)16-22(26-23(21)27)18-10-14-29-15-11-18;1-13-12-17(14-6-9-21-10-7-14)22-18-16(8-11-24(13)18)19(25)23-20(2,3)15-4-5-15;1-13-12-17(16-6-4-5-10-21-16)22-18-15(9-11-24(13)18)19(25)23-20(2,3)14-7-8-14;1-13-12-17(14-7-10-25-11-8-14)21-18-16(6-9-23(13)18)19(24)22-20(2,3)15-4-5-15;1-13-12-16(22-8-10-25-11-9-22)20-17-15(6-7-23(13)17)18(24)21-19(2,3)14-4-5-14/h9,12,16,18-20H,3-8,10-11,13-15H2,1-2H3,(H,25,28);6-12,15H,4-5H2,1-3H3,(H,23,25);4-6,9-12,14H,7-8H2,1-3H3,(H,23,25);6,9,12,14-15H,4-5,7-8,10-11H2,1-3H3,(H,22,24);6-7,12,14H,4-5,8-11H2,1-3H3,(H,21,24). The minimum absolute atomic E-state index is 0.0103. The first-order valence-corrected chi connectivity index (χ1v) is 47.4. The first kappa shape index (κ1) is 92.0. The van der Waals surface area contributed by atoms with Crippen LogP contribution in [-0.2, 0) is 18.9 Å². The van der Waals surface area contributed by atoms with Crippen molar-refractivity contribution in [1.29, 1.82) is 0 Å². The molecule has 0 aromatic carbocycles. The predicted octanol–water partition coefficient (Wildman–Crippen LogP) is 17.5. The van der Waals surface area contributed by atoms with E-state index in [4.69, 9.17) is 43.9 Å². The Morgan fingerprint density at radius 2 is 0.762 bits per heavy atom. The lowest BCUT2D eigenvalue weighted by atomic mass is 9.92. The number of nitrogens with one attached hydrogen (secondary N) is 5. The first-order valence-electron chi connectivity index (χ1n) is 47.4. The smallest absolute Gasteiger partial charge is 0.255 e. The van der Waals surface area contributed by atoms with Crippen molar-refractivity contribution < 1.29 is 42.9 Å². The molecule has 0 spiro atoms. The molecule has 12 aromatic rings. The Labute approximate surface area is 763 Å². The van der Waals surface area contributed by atoms with Gasteiger partial charge in [-0.15, -0.1) is 0 Å². The van der Waals surface area contributed by atoms with Crippen molar-refractivity contribution in [3.05, 3.63) is 208 Å². The summed E-state index contributed by atoms with van der Waals surface area (Å²) in [5.41, 5.74) is 17.1. The van der Waals surface area contributed by atoms with Gasteiger partial charge in [-0.2, -0.15) is 0 Å². The minimum Gasteiger partial charge on any atom is -0.381 e. The predicted molar refractivity (Wildman–Crippen MR) is 506 cm³/mol. The van der Waals surface area contributed by atoms with Crippen molar-refractivity contribution in [2.45, 2.75) is 259 Å². The molecule has 3 aliphatic heterocycles. The van der Waals surface area contributed by atoms with Crippen LogP contribution in [0.1, 0.15) is 281 Å². The average molecular weight is 1770 g/mol. The molecule has 5 amide bonds. The maximum absolute atomic E-state index is 13.1. The molecule has 5 N–H and O–H groups in total. The lowest BCUT2D eigenvalue weighted by molar-refractivity contribution is 0.0209. The quantitative estimate of drug-likeness (QED) is 0.0372. The topological polar surface area (TPSA) is 298 Å². The van der Waals surface area contributed by atoms with Gasteiger partial charge < -0.3 is 72.4 Å². The highest BCUT2D eigenvalue weighted by atomic mass is 16.5. The molecule has 0 atom stereocenters. The number of rotatable bonds is 23. The number of aryl methyl sites for hydroxylation is 5. The third-order valence-corrected chi connectivity index (χ3v) is 27.8. The first-order chi connectivity index (χ1) is 62.5. The highest BCUT2D eigenvalue weighted by molar-refractivity contribution is 6.03. The van der Waals surface area contributed by atoms with Crippen molar-refractivity contribution in [3.8, 4) is 22.6 Å². The normalized spacial score (nSPS) is 18.2. The zero-order valence-electron chi connectivity index (χ0n) is 78.5. The number of ether oxygens (including phenoxy) is 4. The second kappa shape index (κ2) is 39.4. The summed E-state index contributed by atoms with van der Waals surface area (Å²) in [6.45, 7) is 36.4. The molecule has 12 aromatic heterocycles. The molecule has 8 fully saturated rings. The third-order valence-electron chi connectivity index (χ3n) is 27.8. The Morgan fingerprint density at radius 1 is 0.392 bits per heavy atom. The van der Waals surface area contributed by atoms with Gasteiger partial charge in [-0.3, -0.25) is 33.9 Å². The van der Waals surface area contributed by atoms with E-state index in [1.807, 2.05) is 140 Å². The van der Waals surface area contributed by atoms with Crippen LogP contribution in [-0.4, -0.2) is 180 Å². The highest BCUT2D eigenvalue weighted by Gasteiger charge is 2.43. The zero-order chi connectivity index (χ0) is 91.3. The van der Waals surface area contributed by atoms with Crippen LogP contribution in [0.15, 0.2) is 141 Å². The van der Waals surface area contributed by atoms with E-state index in [0.717, 1.165) is 202 Å². The van der Waals surface area contributed by atoms with Crippen LogP contribution in [0.5, 0.6) is 0 Å². The number of aromatic nitrogens is 12. The molecule has 5 saturated carbocycles. The van der Waals surface area contributed by atoms with Crippen LogP contribution in [0.25, 0.3) is 50.9 Å². The van der Waals surface area contributed by atoms with Gasteiger partial charge in [-0.25, -0.2) is 24.9 Å². The summed E-state index contributed by atoms with van der Waals surface area (Å²) in [6, 6.07) is 29.6. The molecule has 20 rings (SSSR count). The van der Waals surface area contributed by atoms with Crippen molar-refractivity contribution in [2.24, 2.45) is 23.7 Å². The summed E-state index contributed by atoms with van der Waals surface area (Å²) in [6.07, 6.45) is 35.1. The van der Waals surface area contributed by atoms with Gasteiger partial charge in [0, 0.05) is 187 Å². The second-order valence-corrected chi connectivity index (χ2v) is 39.4. The van der Waals surface area contributed by atoms with Gasteiger partial charge in [0.15, 0.2) is 11.3 Å². The van der Waals surface area contributed by atoms with E-state index in [9.17, 15) is 24.0 Å². The van der Waals surface area contributed by atoms with Crippen molar-refractivity contribution >= 4 is 63.6 Å². The number of carbonyl (C=O) groups is 5. The maximum Gasteiger partial charge on any atom is 0.255 e. The van der Waals surface area contributed by atoms with Gasteiger partial charge in [0.2, 0.25) is 0 Å². The van der Waals surface area contributed by atoms with Crippen LogP contribution in [0.4, 0.5) is 5.82 Å². The molecular weight excluding hydrogens is 1630 g/mol. The third kappa shape index (κ3) is 21.7. The number of anilines is 1. The molecule has 27 nitrogen and oxygen atoms in total. The van der Waals surface area contributed by atoms with E-state index in [-0.39, 0.29) is 57.7 Å². The number of hydrogen-bond acceptors (Lipinski definition) is 17. The van der Waals surface area contributed by atoms with Crippen molar-refractivity contribution in [3.63, 3.8) is 0 Å². The summed E-state index contributed by atoms with van der Waals surface area (Å²) in [5.74, 6) is 3.90. The molecule has 3 saturated heterocycles. The molecule has 0 unspecified atom stereocenters. The largest absolute Gasteiger partial charge is 0.381 e. The molecule has 5 aliphatic carbocycles. The van der Waals surface area contributed by atoms with E-state index in [2.05, 4.69) is 143 Å². The zero-order valence-corrected chi connectivity index (χ0v) is 78.5. The fraction of sp³-hybridized carbons (Fsp3) is 0.515. The maximum atomic E-state index is 13.1. The van der Waals surface area contributed by atoms with Gasteiger partial charge in [0.1, 0.15) is 22.8 Å². The average Bonchev–Trinajstić information content (AvgIpc) is 1.65. The lowest BCUT2D eigenvalue weighted by Gasteiger charge is -2.29. The Balaban J connectivity index is 0.000000119. The van der Waals surface area contributed by atoms with Crippen molar-refractivity contribution in [1.82, 2.24) is 83.5 Å². The number of pyridine rings is 2. The summed E-state index contributed by atoms with van der Waals surface area (Å²) < 4.78 is 32.3. The summed E-state index contributed by atoms with van der Waals surface area (Å²) >= 11 is 0. The van der Waals surface area contributed by atoms with Gasteiger partial charge in [0.25, 0.3) is 29.5 Å². The molecular formula is C103H132N18O9. The van der Waals surface area contributed by atoms with E-state index >= 15 is 0 Å². The molecule has 8 aliphatic rings. The van der Waals surface area contributed by atoms with Crippen LogP contribution in [0, 0.1) is 58.3 Å². The Morgan fingerprint density at radius 3 is 1.16 bits per heavy atom. The van der Waals surface area contributed by atoms with Crippen LogP contribution < -0.4 is 31.5 Å². The number of morpholine rings is 1. The lowest BCUT2D eigenvalue weighted by Crippen LogP contribution is -2.45. The van der Waals surface area contributed by atoms with Gasteiger partial charge in [-0.05, 0) is 302 Å². The molecule has 688 valence electrons. The number of carbonyl (C=O) groups excluding carboxylic acids is 5. The summed E-state index contributed by atoms with van der Waals surface area (Å²) in [7, 11) is 0. The number of amides is 5. The monoisotopic (exact) mass is 1770 g/mol. The fourth-order valence-corrected chi connectivity index (χ4v) is 18.9. The fourth-order valence-electron chi connectivity index (χ4n) is 18.9. The summed E-state index contributed by atoms with van der Waals surface area (Å²) in [5, 5.41) is 16.0. The SMILES string of the molecule is CCCCOC1CCC(NC(=O)c2ccn3c(C)cc(C4CCOCC4)nc23)CC1.Cc1cc(-c2ccccn2)nc2c(C(=O)NC(C)(C)C3CC3)ccn12.Cc1cc(-c2ccncc2)nc2c(C(=O)NC(C)(C)C3CC3)ccn12.Cc1cc(C2CCOCC2)nc2c(C(=O)NC(C)(C)C3CC3)ccn12.Cc1cc(N2CCOCC2)nc2c(C(=O)NC(C)(C)C3CC3)ccn12. The van der Waals surface area contributed by atoms with E-state index in [0.29, 0.717) is 80.7 Å². The van der Waals surface area contributed by atoms with E-state index in [1.165, 1.54) is 57.8 Å². The molecule has 15 heterocycles. The van der Waals surface area contributed by atoms with Crippen LogP contribution in [0.3, 0.4) is 0 Å².